The van der Waals surface area contributed by atoms with E-state index in [1.165, 1.54) is 16.0 Å². The Kier molecular flexibility index (Phi) is 7.98. The Labute approximate surface area is 222 Å². The van der Waals surface area contributed by atoms with Gasteiger partial charge in [-0.25, -0.2) is 10.4 Å². The Balaban J connectivity index is 1.30. The fraction of sp³-hybridized carbons (Fsp3) is 0.0968. The summed E-state index contributed by atoms with van der Waals surface area (Å²) < 4.78 is 0. The van der Waals surface area contributed by atoms with E-state index in [1.807, 2.05) is 60.4 Å². The molecule has 184 valence electrons. The zero-order valence-corrected chi connectivity index (χ0v) is 21.4. The van der Waals surface area contributed by atoms with E-state index in [1.54, 1.807) is 0 Å². The van der Waals surface area contributed by atoms with E-state index in [0.717, 1.165) is 16.8 Å². The Morgan fingerprint density at radius 2 is 1.46 bits per heavy atom. The topological polar surface area (TPSA) is 60.8 Å². The minimum atomic E-state index is -0.216. The molecular weight excluding hydrogens is 474 g/mol. The average Bonchev–Trinajstić information content (AvgIpc) is 2.97. The largest absolute Gasteiger partial charge is 0.306 e. The van der Waals surface area contributed by atoms with Gasteiger partial charge in [0.25, 0.3) is 0 Å². The molecule has 0 aliphatic carbocycles. The van der Waals surface area contributed by atoms with Crippen molar-refractivity contribution in [2.75, 3.05) is 0 Å². The fourth-order valence-electron chi connectivity index (χ4n) is 4.08. The Morgan fingerprint density at radius 3 is 2.19 bits per heavy atom. The molecule has 2 atom stereocenters. The zero-order chi connectivity index (χ0) is 25.3. The SMILES string of the molecule is Cc1ccccc1S[C@@H](/C=C\NNC1=N[C@H](c2ccccc2)C(c2ccccc2)=NN1)c1ccccc1. The predicted molar refractivity (Wildman–Crippen MR) is 154 cm³/mol. The van der Waals surface area contributed by atoms with Crippen LogP contribution in [0.3, 0.4) is 0 Å². The average molecular weight is 504 g/mol. The highest BCUT2D eigenvalue weighted by Gasteiger charge is 2.23. The molecule has 0 bridgehead atoms. The van der Waals surface area contributed by atoms with Crippen molar-refractivity contribution in [1.82, 2.24) is 16.3 Å². The summed E-state index contributed by atoms with van der Waals surface area (Å²) in [7, 11) is 0. The quantitative estimate of drug-likeness (QED) is 0.189. The number of nitrogens with one attached hydrogen (secondary N) is 3. The molecule has 0 aromatic heterocycles. The van der Waals surface area contributed by atoms with Crippen LogP contribution in [0.15, 0.2) is 143 Å². The molecule has 0 saturated carbocycles. The van der Waals surface area contributed by atoms with Crippen LogP contribution in [0.2, 0.25) is 0 Å². The third kappa shape index (κ3) is 6.29. The Bertz CT molecular complexity index is 1390. The van der Waals surface area contributed by atoms with Crippen molar-refractivity contribution in [2.45, 2.75) is 23.1 Å². The molecule has 1 heterocycles. The number of guanidine groups is 1. The molecule has 0 saturated heterocycles. The van der Waals surface area contributed by atoms with Crippen molar-refractivity contribution in [3.8, 4) is 0 Å². The van der Waals surface area contributed by atoms with Gasteiger partial charge in [-0.05, 0) is 35.8 Å². The molecule has 6 heteroatoms. The van der Waals surface area contributed by atoms with Crippen LogP contribution in [0, 0.1) is 6.92 Å². The van der Waals surface area contributed by atoms with Gasteiger partial charge in [-0.3, -0.25) is 5.43 Å². The van der Waals surface area contributed by atoms with Crippen molar-refractivity contribution in [3.05, 3.63) is 150 Å². The number of aryl methyl sites for hydroxylation is 1. The summed E-state index contributed by atoms with van der Waals surface area (Å²) in [5.41, 5.74) is 14.9. The monoisotopic (exact) mass is 503 g/mol. The lowest BCUT2D eigenvalue weighted by molar-refractivity contribution is 0.735. The summed E-state index contributed by atoms with van der Waals surface area (Å²) in [5, 5.41) is 4.82. The van der Waals surface area contributed by atoms with E-state index in [-0.39, 0.29) is 11.3 Å². The maximum atomic E-state index is 4.93. The van der Waals surface area contributed by atoms with E-state index >= 15 is 0 Å². The number of benzene rings is 4. The van der Waals surface area contributed by atoms with Crippen molar-refractivity contribution >= 4 is 23.4 Å². The van der Waals surface area contributed by atoms with Gasteiger partial charge in [0.1, 0.15) is 6.04 Å². The Morgan fingerprint density at radius 1 is 0.811 bits per heavy atom. The van der Waals surface area contributed by atoms with Gasteiger partial charge in [0, 0.05) is 16.7 Å². The van der Waals surface area contributed by atoms with Crippen molar-refractivity contribution in [2.24, 2.45) is 10.1 Å². The van der Waals surface area contributed by atoms with Crippen LogP contribution < -0.4 is 16.3 Å². The lowest BCUT2D eigenvalue weighted by Gasteiger charge is -2.23. The molecule has 1 aliphatic heterocycles. The van der Waals surface area contributed by atoms with Crippen molar-refractivity contribution in [3.63, 3.8) is 0 Å². The molecular formula is C31H29N5S. The van der Waals surface area contributed by atoms with Crippen LogP contribution in [0.1, 0.15) is 33.5 Å². The first kappa shape index (κ1) is 24.4. The first-order chi connectivity index (χ1) is 18.3. The second kappa shape index (κ2) is 12.1. The fourth-order valence-corrected chi connectivity index (χ4v) is 5.22. The maximum Gasteiger partial charge on any atom is 0.232 e. The third-order valence-electron chi connectivity index (χ3n) is 6.00. The minimum absolute atomic E-state index is 0.151. The summed E-state index contributed by atoms with van der Waals surface area (Å²) in [6.07, 6.45) is 4.07. The highest BCUT2D eigenvalue weighted by Crippen LogP contribution is 2.37. The molecule has 5 rings (SSSR count). The molecule has 0 fully saturated rings. The molecule has 0 unspecified atom stereocenters. The summed E-state index contributed by atoms with van der Waals surface area (Å²) >= 11 is 1.83. The van der Waals surface area contributed by atoms with Crippen LogP contribution in [0.5, 0.6) is 0 Å². The van der Waals surface area contributed by atoms with Crippen LogP contribution in [-0.2, 0) is 0 Å². The van der Waals surface area contributed by atoms with E-state index in [9.17, 15) is 0 Å². The molecule has 0 spiro atoms. The van der Waals surface area contributed by atoms with E-state index in [0.29, 0.717) is 5.96 Å². The maximum absolute atomic E-state index is 4.93. The van der Waals surface area contributed by atoms with Crippen LogP contribution in [-0.4, -0.2) is 11.7 Å². The number of hydrazine groups is 1. The first-order valence-corrected chi connectivity index (χ1v) is 13.1. The van der Waals surface area contributed by atoms with Gasteiger partial charge in [0.05, 0.1) is 11.0 Å². The molecule has 37 heavy (non-hydrogen) atoms. The molecule has 4 aromatic rings. The second-order valence-corrected chi connectivity index (χ2v) is 9.79. The second-order valence-electron chi connectivity index (χ2n) is 8.61. The summed E-state index contributed by atoms with van der Waals surface area (Å²) in [6.45, 7) is 2.15. The smallest absolute Gasteiger partial charge is 0.232 e. The molecule has 4 aromatic carbocycles. The lowest BCUT2D eigenvalue weighted by Crippen LogP contribution is -2.44. The number of hydrogen-bond acceptors (Lipinski definition) is 6. The first-order valence-electron chi connectivity index (χ1n) is 12.2. The molecule has 1 aliphatic rings. The van der Waals surface area contributed by atoms with E-state index in [4.69, 9.17) is 4.99 Å². The number of aliphatic imine (C=N–C) groups is 1. The number of thioether (sulfide) groups is 1. The highest BCUT2D eigenvalue weighted by molar-refractivity contribution is 7.99. The number of rotatable bonds is 8. The minimum Gasteiger partial charge on any atom is -0.306 e. The van der Waals surface area contributed by atoms with Gasteiger partial charge in [0.15, 0.2) is 0 Å². The van der Waals surface area contributed by atoms with Crippen LogP contribution in [0.4, 0.5) is 0 Å². The van der Waals surface area contributed by atoms with E-state index in [2.05, 4.69) is 107 Å². The van der Waals surface area contributed by atoms with Gasteiger partial charge in [-0.2, -0.15) is 5.10 Å². The van der Waals surface area contributed by atoms with Gasteiger partial charge < -0.3 is 5.43 Å². The standard InChI is InChI=1S/C31H29N5S/c1-23-13-11-12-20-27(23)37-28(24-14-5-2-6-15-24)21-22-32-35-31-33-29(25-16-7-3-8-17-25)30(34-36-31)26-18-9-4-10-19-26/h2-22,28-29,32H,1H3,(H2,33,35,36)/b22-21-/t28-,29+/m0/s1. The predicted octanol–water partition coefficient (Wildman–Crippen LogP) is 6.54. The van der Waals surface area contributed by atoms with Gasteiger partial charge in [-0.1, -0.05) is 109 Å². The highest BCUT2D eigenvalue weighted by atomic mass is 32.2. The van der Waals surface area contributed by atoms with Gasteiger partial charge in [0.2, 0.25) is 5.96 Å². The van der Waals surface area contributed by atoms with Crippen molar-refractivity contribution < 1.29 is 0 Å². The third-order valence-corrected chi connectivity index (χ3v) is 7.40. The molecule has 5 nitrogen and oxygen atoms in total. The number of hydrogen-bond donors (Lipinski definition) is 3. The van der Waals surface area contributed by atoms with Crippen LogP contribution in [0.25, 0.3) is 0 Å². The van der Waals surface area contributed by atoms with Crippen molar-refractivity contribution in [1.29, 1.82) is 0 Å². The van der Waals surface area contributed by atoms with Crippen LogP contribution >= 0.6 is 11.8 Å². The lowest BCUT2D eigenvalue weighted by atomic mass is 9.97. The normalized spacial score (nSPS) is 15.9. The summed E-state index contributed by atoms with van der Waals surface area (Å²) in [6, 6.07) is 39.1. The number of nitrogens with zero attached hydrogens (tertiary/aromatic N) is 2. The van der Waals surface area contributed by atoms with Gasteiger partial charge >= 0.3 is 0 Å². The number of hydrazone groups is 1. The summed E-state index contributed by atoms with van der Waals surface area (Å²) in [5.74, 6) is 0.556. The molecule has 3 N–H and O–H groups in total. The van der Waals surface area contributed by atoms with E-state index < -0.39 is 0 Å². The zero-order valence-electron chi connectivity index (χ0n) is 20.6. The van der Waals surface area contributed by atoms with Gasteiger partial charge in [-0.15, -0.1) is 11.8 Å². The molecule has 0 amide bonds. The summed E-state index contributed by atoms with van der Waals surface area (Å²) in [4.78, 5) is 6.19. The molecule has 0 radical (unpaired) electrons. The Hall–Kier alpha value is -4.29.